The van der Waals surface area contributed by atoms with Gasteiger partial charge in [-0.05, 0) is 19.8 Å². The maximum absolute atomic E-state index is 9.45. The van der Waals surface area contributed by atoms with Crippen molar-refractivity contribution in [3.05, 3.63) is 11.6 Å². The van der Waals surface area contributed by atoms with E-state index in [0.717, 1.165) is 31.0 Å². The largest absolute Gasteiger partial charge is 0.385 e. The van der Waals surface area contributed by atoms with Crippen LogP contribution in [-0.4, -0.2) is 19.9 Å². The zero-order valence-corrected chi connectivity index (χ0v) is 6.49. The lowest BCUT2D eigenvalue weighted by Gasteiger charge is -2.16. The van der Waals surface area contributed by atoms with E-state index < -0.39 is 6.10 Å². The Morgan fingerprint density at radius 3 is 3.18 bits per heavy atom. The van der Waals surface area contributed by atoms with Gasteiger partial charge in [-0.2, -0.15) is 5.10 Å². The lowest BCUT2D eigenvalue weighted by molar-refractivity contribution is 0.130. The summed E-state index contributed by atoms with van der Waals surface area (Å²) in [7, 11) is 0. The minimum absolute atomic E-state index is 0.398. The third-order valence-electron chi connectivity index (χ3n) is 1.95. The van der Waals surface area contributed by atoms with E-state index in [1.807, 2.05) is 6.92 Å². The van der Waals surface area contributed by atoms with Crippen LogP contribution in [-0.2, 0) is 6.54 Å². The Bertz CT molecular complexity index is 269. The van der Waals surface area contributed by atoms with Gasteiger partial charge in [-0.25, -0.2) is 9.67 Å². The summed E-state index contributed by atoms with van der Waals surface area (Å²) < 4.78 is 1.80. The Balaban J connectivity index is 2.43. The van der Waals surface area contributed by atoms with Crippen LogP contribution in [0.25, 0.3) is 0 Å². The van der Waals surface area contributed by atoms with Crippen molar-refractivity contribution in [2.45, 2.75) is 32.4 Å². The van der Waals surface area contributed by atoms with Crippen molar-refractivity contribution in [3.63, 3.8) is 0 Å². The number of nitrogens with zero attached hydrogens (tertiary/aromatic N) is 3. The van der Waals surface area contributed by atoms with E-state index in [2.05, 4.69) is 10.1 Å². The summed E-state index contributed by atoms with van der Waals surface area (Å²) in [5.41, 5.74) is 0. The third-order valence-corrected chi connectivity index (χ3v) is 1.95. The molecule has 2 rings (SSSR count). The summed E-state index contributed by atoms with van der Waals surface area (Å²) in [5.74, 6) is 1.48. The average Bonchev–Trinajstić information content (AvgIpc) is 2.31. The van der Waals surface area contributed by atoms with Gasteiger partial charge in [-0.1, -0.05) is 0 Å². The third kappa shape index (κ3) is 1.03. The van der Waals surface area contributed by atoms with Crippen LogP contribution >= 0.6 is 0 Å². The zero-order valence-electron chi connectivity index (χ0n) is 6.49. The number of aliphatic hydroxyl groups is 1. The quantitative estimate of drug-likeness (QED) is 0.587. The zero-order chi connectivity index (χ0) is 7.84. The molecule has 1 aromatic heterocycles. The van der Waals surface area contributed by atoms with Crippen LogP contribution in [0.3, 0.4) is 0 Å². The van der Waals surface area contributed by atoms with E-state index in [1.54, 1.807) is 4.68 Å². The molecule has 11 heavy (non-hydrogen) atoms. The molecule has 0 aromatic carbocycles. The average molecular weight is 153 g/mol. The maximum atomic E-state index is 9.45. The van der Waals surface area contributed by atoms with Crippen molar-refractivity contribution < 1.29 is 5.11 Å². The highest BCUT2D eigenvalue weighted by Gasteiger charge is 2.20. The summed E-state index contributed by atoms with van der Waals surface area (Å²) in [5, 5.41) is 13.6. The van der Waals surface area contributed by atoms with Crippen LogP contribution in [0.5, 0.6) is 0 Å². The van der Waals surface area contributed by atoms with Crippen LogP contribution in [0.2, 0.25) is 0 Å². The molecule has 1 N–H and O–H groups in total. The lowest BCUT2D eigenvalue weighted by Crippen LogP contribution is -2.16. The van der Waals surface area contributed by atoms with Crippen LogP contribution in [0.15, 0.2) is 0 Å². The Hall–Kier alpha value is -0.900. The lowest BCUT2D eigenvalue weighted by atomic mass is 10.1. The Kier molecular flexibility index (Phi) is 1.42. The van der Waals surface area contributed by atoms with E-state index in [-0.39, 0.29) is 0 Å². The van der Waals surface area contributed by atoms with E-state index in [9.17, 15) is 5.11 Å². The number of aromatic nitrogens is 3. The molecule has 0 saturated heterocycles. The number of hydrogen-bond acceptors (Lipinski definition) is 3. The molecule has 60 valence electrons. The molecule has 2 heterocycles. The fraction of sp³-hybridized carbons (Fsp3) is 0.714. The molecule has 0 radical (unpaired) electrons. The van der Waals surface area contributed by atoms with Crippen molar-refractivity contribution in [2.75, 3.05) is 0 Å². The first-order valence-corrected chi connectivity index (χ1v) is 3.87. The van der Waals surface area contributed by atoms with Gasteiger partial charge in [0, 0.05) is 6.54 Å². The first kappa shape index (κ1) is 6.79. The van der Waals surface area contributed by atoms with E-state index in [4.69, 9.17) is 0 Å². The first-order valence-electron chi connectivity index (χ1n) is 3.87. The monoisotopic (exact) mass is 153 g/mol. The molecule has 1 aliphatic heterocycles. The number of rotatable bonds is 0. The molecule has 1 unspecified atom stereocenters. The highest BCUT2D eigenvalue weighted by atomic mass is 16.3. The number of hydrogen-bond donors (Lipinski definition) is 1. The van der Waals surface area contributed by atoms with Gasteiger partial charge in [-0.15, -0.1) is 0 Å². The van der Waals surface area contributed by atoms with Gasteiger partial charge < -0.3 is 5.11 Å². The molecule has 0 fully saturated rings. The highest BCUT2D eigenvalue weighted by Crippen LogP contribution is 2.21. The molecule has 4 heteroatoms. The summed E-state index contributed by atoms with van der Waals surface area (Å²) in [4.78, 5) is 4.13. The maximum Gasteiger partial charge on any atom is 0.156 e. The minimum Gasteiger partial charge on any atom is -0.385 e. The fourth-order valence-corrected chi connectivity index (χ4v) is 1.45. The Labute approximate surface area is 64.9 Å². The summed E-state index contributed by atoms with van der Waals surface area (Å²) in [6.45, 7) is 2.74. The van der Waals surface area contributed by atoms with Crippen LogP contribution < -0.4 is 0 Å². The van der Waals surface area contributed by atoms with E-state index in [0.29, 0.717) is 0 Å². The molecule has 0 spiro atoms. The van der Waals surface area contributed by atoms with Gasteiger partial charge >= 0.3 is 0 Å². The fourth-order valence-electron chi connectivity index (χ4n) is 1.45. The van der Waals surface area contributed by atoms with Crippen molar-refractivity contribution in [3.8, 4) is 0 Å². The van der Waals surface area contributed by atoms with Crippen molar-refractivity contribution in [1.29, 1.82) is 0 Å². The van der Waals surface area contributed by atoms with E-state index in [1.165, 1.54) is 0 Å². The minimum atomic E-state index is -0.398. The number of aliphatic hydroxyl groups excluding tert-OH is 1. The molecular formula is C7H11N3O. The highest BCUT2D eigenvalue weighted by molar-refractivity contribution is 4.97. The summed E-state index contributed by atoms with van der Waals surface area (Å²) >= 11 is 0. The predicted molar refractivity (Wildman–Crippen MR) is 39.0 cm³/mol. The second kappa shape index (κ2) is 2.30. The second-order valence-corrected chi connectivity index (χ2v) is 2.90. The van der Waals surface area contributed by atoms with Gasteiger partial charge in [0.1, 0.15) is 11.9 Å². The van der Waals surface area contributed by atoms with Gasteiger partial charge in [0.05, 0.1) is 0 Å². The summed E-state index contributed by atoms with van der Waals surface area (Å²) in [6, 6.07) is 0. The van der Waals surface area contributed by atoms with E-state index >= 15 is 0 Å². The Morgan fingerprint density at radius 2 is 2.45 bits per heavy atom. The standard InChI is InChI=1S/C7H11N3O/c1-5-8-7-6(11)3-2-4-10(7)9-5/h6,11H,2-4H2,1H3. The van der Waals surface area contributed by atoms with Crippen LogP contribution in [0.4, 0.5) is 0 Å². The van der Waals surface area contributed by atoms with Gasteiger partial charge in [0.2, 0.25) is 0 Å². The van der Waals surface area contributed by atoms with Crippen LogP contribution in [0.1, 0.15) is 30.6 Å². The molecule has 1 aliphatic rings. The SMILES string of the molecule is Cc1nc2n(n1)CCCC2O. The topological polar surface area (TPSA) is 50.9 Å². The second-order valence-electron chi connectivity index (χ2n) is 2.90. The first-order chi connectivity index (χ1) is 5.27. The number of aryl methyl sites for hydroxylation is 2. The van der Waals surface area contributed by atoms with Gasteiger partial charge in [0.15, 0.2) is 5.82 Å². The molecule has 0 amide bonds. The molecule has 0 bridgehead atoms. The normalized spacial score (nSPS) is 23.3. The molecule has 0 aliphatic carbocycles. The van der Waals surface area contributed by atoms with Gasteiger partial charge in [0.25, 0.3) is 0 Å². The molecule has 4 nitrogen and oxygen atoms in total. The number of fused-ring (bicyclic) bond motifs is 1. The predicted octanol–water partition coefficient (Wildman–Crippen LogP) is 0.414. The van der Waals surface area contributed by atoms with Gasteiger partial charge in [-0.3, -0.25) is 0 Å². The molecule has 0 saturated carbocycles. The van der Waals surface area contributed by atoms with Crippen molar-refractivity contribution in [1.82, 2.24) is 14.8 Å². The van der Waals surface area contributed by atoms with Crippen LogP contribution in [0, 0.1) is 6.92 Å². The Morgan fingerprint density at radius 1 is 1.64 bits per heavy atom. The summed E-state index contributed by atoms with van der Waals surface area (Å²) in [6.07, 6.45) is 1.42. The molecular weight excluding hydrogens is 142 g/mol. The molecule has 1 aromatic rings. The van der Waals surface area contributed by atoms with Crippen molar-refractivity contribution >= 4 is 0 Å². The van der Waals surface area contributed by atoms with Crippen molar-refractivity contribution in [2.24, 2.45) is 0 Å². The smallest absolute Gasteiger partial charge is 0.156 e. The molecule has 1 atom stereocenters.